The van der Waals surface area contributed by atoms with Crippen LogP contribution in [0.25, 0.3) is 0 Å². The number of nitrogens with one attached hydrogen (secondary N) is 1. The third kappa shape index (κ3) is 3.34. The average Bonchev–Trinajstić information content (AvgIpc) is 2.15. The van der Waals surface area contributed by atoms with Crippen molar-refractivity contribution in [3.8, 4) is 0 Å². The average molecular weight is 224 g/mol. The molecular weight excluding hydrogens is 204 g/mol. The summed E-state index contributed by atoms with van der Waals surface area (Å²) in [6.45, 7) is 6.03. The molecule has 0 saturated carbocycles. The van der Waals surface area contributed by atoms with Gasteiger partial charge in [0.2, 0.25) is 5.95 Å². The first-order valence-corrected chi connectivity index (χ1v) is 5.28. The van der Waals surface area contributed by atoms with Crippen molar-refractivity contribution >= 4 is 11.8 Å². The molecule has 0 amide bonds. The van der Waals surface area contributed by atoms with Crippen molar-refractivity contribution in [2.45, 2.75) is 26.4 Å². The summed E-state index contributed by atoms with van der Waals surface area (Å²) in [5.41, 5.74) is 0.247. The van der Waals surface area contributed by atoms with Crippen molar-refractivity contribution < 1.29 is 5.11 Å². The molecule has 0 aliphatic heterocycles. The van der Waals surface area contributed by atoms with Crippen molar-refractivity contribution in [3.05, 3.63) is 11.8 Å². The predicted molar refractivity (Wildman–Crippen MR) is 65.9 cm³/mol. The zero-order chi connectivity index (χ0) is 12.3. The Bertz CT molecular complexity index is 359. The number of hydrogen-bond donors (Lipinski definition) is 2. The molecule has 1 rings (SSSR count). The third-order valence-corrected chi connectivity index (χ3v) is 2.15. The molecule has 0 fully saturated rings. The van der Waals surface area contributed by atoms with E-state index >= 15 is 0 Å². The van der Waals surface area contributed by atoms with Crippen LogP contribution in [0.1, 0.15) is 19.4 Å². The van der Waals surface area contributed by atoms with E-state index in [0.717, 1.165) is 11.4 Å². The number of aromatic nitrogens is 2. The minimum atomic E-state index is -0.744. The van der Waals surface area contributed by atoms with Crippen LogP contribution in [0.4, 0.5) is 11.8 Å². The Balaban J connectivity index is 2.93. The summed E-state index contributed by atoms with van der Waals surface area (Å²) in [5.74, 6) is 1.42. The zero-order valence-corrected chi connectivity index (χ0v) is 10.6. The Hall–Kier alpha value is -1.36. The maximum atomic E-state index is 9.77. The Morgan fingerprint density at radius 1 is 1.50 bits per heavy atom. The number of aliphatic hydroxyl groups is 1. The van der Waals surface area contributed by atoms with Crippen LogP contribution in [-0.2, 0) is 0 Å². The van der Waals surface area contributed by atoms with Crippen molar-refractivity contribution in [2.75, 3.05) is 30.9 Å². The molecule has 5 heteroatoms. The maximum absolute atomic E-state index is 9.77. The first kappa shape index (κ1) is 12.7. The van der Waals surface area contributed by atoms with Gasteiger partial charge in [-0.3, -0.25) is 0 Å². The molecule has 2 N–H and O–H groups in total. The fourth-order valence-electron chi connectivity index (χ4n) is 1.60. The number of nitrogens with zero attached hydrogens (tertiary/aromatic N) is 3. The molecule has 0 aliphatic rings. The van der Waals surface area contributed by atoms with E-state index < -0.39 is 5.60 Å². The van der Waals surface area contributed by atoms with E-state index in [-0.39, 0.29) is 0 Å². The summed E-state index contributed by atoms with van der Waals surface area (Å²) < 4.78 is 0. The van der Waals surface area contributed by atoms with Gasteiger partial charge >= 0.3 is 0 Å². The number of rotatable bonds is 4. The molecule has 1 aromatic rings. The molecule has 0 atom stereocenters. The Kier molecular flexibility index (Phi) is 3.70. The second kappa shape index (κ2) is 4.65. The number of likely N-dealkylation sites (N-methyl/N-ethyl adjacent to an activating group) is 1. The van der Waals surface area contributed by atoms with Crippen LogP contribution in [0, 0.1) is 6.92 Å². The molecule has 0 aliphatic carbocycles. The van der Waals surface area contributed by atoms with E-state index in [2.05, 4.69) is 15.3 Å². The predicted octanol–water partition coefficient (Wildman–Crippen LogP) is 1.03. The molecule has 1 heterocycles. The standard InChI is InChI=1S/C11H20N4O/c1-8-6-13-10(12-4)14-9(8)15(5)7-11(2,3)16/h6,16H,7H2,1-5H3,(H,12,13,14). The molecule has 0 radical (unpaired) electrons. The van der Waals surface area contributed by atoms with Crippen LogP contribution in [-0.4, -0.2) is 41.3 Å². The van der Waals surface area contributed by atoms with Gasteiger partial charge in [-0.05, 0) is 20.8 Å². The van der Waals surface area contributed by atoms with E-state index in [4.69, 9.17) is 0 Å². The van der Waals surface area contributed by atoms with Gasteiger partial charge in [-0.25, -0.2) is 4.98 Å². The van der Waals surface area contributed by atoms with Gasteiger partial charge in [0, 0.05) is 32.4 Å². The number of aryl methyl sites for hydroxylation is 1. The highest BCUT2D eigenvalue weighted by molar-refractivity contribution is 5.48. The number of anilines is 2. The van der Waals surface area contributed by atoms with Gasteiger partial charge < -0.3 is 15.3 Å². The van der Waals surface area contributed by atoms with E-state index in [1.807, 2.05) is 18.9 Å². The smallest absolute Gasteiger partial charge is 0.224 e. The van der Waals surface area contributed by atoms with Crippen LogP contribution in [0.2, 0.25) is 0 Å². The quantitative estimate of drug-likeness (QED) is 0.800. The van der Waals surface area contributed by atoms with Crippen LogP contribution < -0.4 is 10.2 Å². The van der Waals surface area contributed by atoms with Gasteiger partial charge in [0.05, 0.1) is 5.60 Å². The first-order valence-electron chi connectivity index (χ1n) is 5.28. The lowest BCUT2D eigenvalue weighted by molar-refractivity contribution is 0.0884. The second-order valence-corrected chi connectivity index (χ2v) is 4.62. The molecule has 5 nitrogen and oxygen atoms in total. The van der Waals surface area contributed by atoms with Gasteiger partial charge in [-0.2, -0.15) is 4.98 Å². The fourth-order valence-corrected chi connectivity index (χ4v) is 1.60. The van der Waals surface area contributed by atoms with E-state index in [9.17, 15) is 5.11 Å². The lowest BCUT2D eigenvalue weighted by Gasteiger charge is -2.27. The Labute approximate surface area is 96.5 Å². The van der Waals surface area contributed by atoms with Gasteiger partial charge in [0.1, 0.15) is 5.82 Å². The second-order valence-electron chi connectivity index (χ2n) is 4.62. The van der Waals surface area contributed by atoms with Crippen LogP contribution in [0.3, 0.4) is 0 Å². The van der Waals surface area contributed by atoms with E-state index in [0.29, 0.717) is 12.5 Å². The third-order valence-electron chi connectivity index (χ3n) is 2.15. The molecule has 1 aromatic heterocycles. The lowest BCUT2D eigenvalue weighted by atomic mass is 10.1. The summed E-state index contributed by atoms with van der Waals surface area (Å²) in [7, 11) is 3.69. The van der Waals surface area contributed by atoms with Gasteiger partial charge in [-0.15, -0.1) is 0 Å². The summed E-state index contributed by atoms with van der Waals surface area (Å²) in [5, 5.41) is 12.7. The monoisotopic (exact) mass is 224 g/mol. The largest absolute Gasteiger partial charge is 0.389 e. The first-order chi connectivity index (χ1) is 7.33. The molecular formula is C11H20N4O. The Morgan fingerprint density at radius 2 is 2.12 bits per heavy atom. The Morgan fingerprint density at radius 3 is 2.62 bits per heavy atom. The highest BCUT2D eigenvalue weighted by Gasteiger charge is 2.18. The van der Waals surface area contributed by atoms with Crippen molar-refractivity contribution in [3.63, 3.8) is 0 Å². The molecule has 90 valence electrons. The summed E-state index contributed by atoms with van der Waals surface area (Å²) in [6.07, 6.45) is 1.77. The topological polar surface area (TPSA) is 61.3 Å². The van der Waals surface area contributed by atoms with Gasteiger partial charge in [0.15, 0.2) is 0 Å². The molecule has 0 aromatic carbocycles. The fraction of sp³-hybridized carbons (Fsp3) is 0.636. The lowest BCUT2D eigenvalue weighted by Crippen LogP contribution is -2.37. The molecule has 0 unspecified atom stereocenters. The molecule has 0 bridgehead atoms. The van der Waals surface area contributed by atoms with Crippen LogP contribution >= 0.6 is 0 Å². The van der Waals surface area contributed by atoms with Gasteiger partial charge in [0.25, 0.3) is 0 Å². The van der Waals surface area contributed by atoms with Crippen LogP contribution in [0.5, 0.6) is 0 Å². The SMILES string of the molecule is CNc1ncc(C)c(N(C)CC(C)(C)O)n1. The number of hydrogen-bond acceptors (Lipinski definition) is 5. The maximum Gasteiger partial charge on any atom is 0.224 e. The summed E-state index contributed by atoms with van der Waals surface area (Å²) in [4.78, 5) is 10.4. The normalized spacial score (nSPS) is 11.4. The minimum absolute atomic E-state index is 0.522. The zero-order valence-electron chi connectivity index (χ0n) is 10.6. The van der Waals surface area contributed by atoms with Crippen molar-refractivity contribution in [1.82, 2.24) is 9.97 Å². The minimum Gasteiger partial charge on any atom is -0.389 e. The molecule has 16 heavy (non-hydrogen) atoms. The summed E-state index contributed by atoms with van der Waals surface area (Å²) >= 11 is 0. The van der Waals surface area contributed by atoms with E-state index in [1.165, 1.54) is 0 Å². The molecule has 0 saturated heterocycles. The van der Waals surface area contributed by atoms with Crippen molar-refractivity contribution in [2.24, 2.45) is 0 Å². The highest BCUT2D eigenvalue weighted by atomic mass is 16.3. The van der Waals surface area contributed by atoms with Gasteiger partial charge in [-0.1, -0.05) is 0 Å². The summed E-state index contributed by atoms with van der Waals surface area (Å²) in [6, 6.07) is 0. The molecule has 0 spiro atoms. The highest BCUT2D eigenvalue weighted by Crippen LogP contribution is 2.18. The van der Waals surface area contributed by atoms with E-state index in [1.54, 1.807) is 27.1 Å². The van der Waals surface area contributed by atoms with Crippen LogP contribution in [0.15, 0.2) is 6.20 Å². The van der Waals surface area contributed by atoms with Crippen molar-refractivity contribution in [1.29, 1.82) is 0 Å².